The number of amides is 1. The molecule has 3 atom stereocenters. The Kier molecular flexibility index (Phi) is 5.04. The number of hydrogen-bond donors (Lipinski definition) is 1. The maximum Gasteiger partial charge on any atom is 0.241 e. The maximum absolute atomic E-state index is 12.5. The minimum Gasteiger partial charge on any atom is -0.324 e. The van der Waals surface area contributed by atoms with Crippen molar-refractivity contribution in [2.75, 3.05) is 18.4 Å². The Hall–Kier alpha value is -1.35. The van der Waals surface area contributed by atoms with Crippen molar-refractivity contribution in [3.05, 3.63) is 29.3 Å². The molecule has 0 spiro atoms. The van der Waals surface area contributed by atoms with Crippen LogP contribution >= 0.6 is 0 Å². The van der Waals surface area contributed by atoms with E-state index in [4.69, 9.17) is 0 Å². The lowest BCUT2D eigenvalue weighted by molar-refractivity contribution is -0.121. The first-order valence-electron chi connectivity index (χ1n) is 7.99. The fraction of sp³-hybridized carbons (Fsp3) is 0.611. The van der Waals surface area contributed by atoms with Gasteiger partial charge in [0.25, 0.3) is 0 Å². The van der Waals surface area contributed by atoms with E-state index in [9.17, 15) is 4.79 Å². The molecule has 1 amide bonds. The third-order valence-corrected chi connectivity index (χ3v) is 4.48. The topological polar surface area (TPSA) is 32.3 Å². The summed E-state index contributed by atoms with van der Waals surface area (Å²) in [6.45, 7) is 12.7. The highest BCUT2D eigenvalue weighted by Gasteiger charge is 2.28. The van der Waals surface area contributed by atoms with Crippen LogP contribution in [0.15, 0.2) is 18.2 Å². The van der Waals surface area contributed by atoms with Crippen LogP contribution < -0.4 is 5.32 Å². The summed E-state index contributed by atoms with van der Waals surface area (Å²) in [6, 6.07) is 6.10. The van der Waals surface area contributed by atoms with Gasteiger partial charge in [0, 0.05) is 18.8 Å². The molecule has 1 N–H and O–H groups in total. The molecule has 21 heavy (non-hydrogen) atoms. The molecule has 1 fully saturated rings. The SMILES string of the molecule is Cc1ccc(C)c(NC(=O)[C@@H](C)N2C[C@H](C)C[C@H](C)C2)c1. The maximum atomic E-state index is 12.5. The number of carbonyl (C=O) groups is 1. The van der Waals surface area contributed by atoms with Gasteiger partial charge in [-0.15, -0.1) is 0 Å². The summed E-state index contributed by atoms with van der Waals surface area (Å²) in [6.07, 6.45) is 1.27. The van der Waals surface area contributed by atoms with E-state index in [-0.39, 0.29) is 11.9 Å². The number of aryl methyl sites for hydroxylation is 2. The summed E-state index contributed by atoms with van der Waals surface area (Å²) < 4.78 is 0. The van der Waals surface area contributed by atoms with Crippen LogP contribution in [0, 0.1) is 25.7 Å². The van der Waals surface area contributed by atoms with Gasteiger partial charge in [0.05, 0.1) is 6.04 Å². The molecule has 1 aromatic carbocycles. The number of piperidine rings is 1. The average Bonchev–Trinajstić information content (AvgIpc) is 2.41. The Morgan fingerprint density at radius 2 is 1.86 bits per heavy atom. The monoisotopic (exact) mass is 288 g/mol. The molecular weight excluding hydrogens is 260 g/mol. The number of hydrogen-bond acceptors (Lipinski definition) is 2. The van der Waals surface area contributed by atoms with Crippen LogP contribution in [-0.2, 0) is 4.79 Å². The molecule has 1 aromatic rings. The van der Waals surface area contributed by atoms with Gasteiger partial charge in [-0.1, -0.05) is 26.0 Å². The molecule has 0 radical (unpaired) electrons. The number of likely N-dealkylation sites (tertiary alicyclic amines) is 1. The molecule has 3 nitrogen and oxygen atoms in total. The van der Waals surface area contributed by atoms with E-state index >= 15 is 0 Å². The first-order valence-corrected chi connectivity index (χ1v) is 7.99. The molecular formula is C18H28N2O. The Bertz CT molecular complexity index is 502. The van der Waals surface area contributed by atoms with Crippen molar-refractivity contribution in [2.45, 2.75) is 47.1 Å². The second kappa shape index (κ2) is 6.61. The van der Waals surface area contributed by atoms with Crippen molar-refractivity contribution >= 4 is 11.6 Å². The minimum atomic E-state index is -0.0740. The predicted molar refractivity (Wildman–Crippen MR) is 88.5 cm³/mol. The molecule has 1 aliphatic rings. The van der Waals surface area contributed by atoms with Gasteiger partial charge in [0.1, 0.15) is 0 Å². The normalized spacial score (nSPS) is 24.6. The number of anilines is 1. The van der Waals surface area contributed by atoms with Gasteiger partial charge in [0.15, 0.2) is 0 Å². The molecule has 2 rings (SSSR count). The van der Waals surface area contributed by atoms with Gasteiger partial charge in [-0.25, -0.2) is 0 Å². The second-order valence-electron chi connectivity index (χ2n) is 6.88. The Balaban J connectivity index is 2.04. The van der Waals surface area contributed by atoms with Crippen molar-refractivity contribution in [3.8, 4) is 0 Å². The van der Waals surface area contributed by atoms with Crippen molar-refractivity contribution in [1.82, 2.24) is 4.90 Å². The third kappa shape index (κ3) is 4.07. The summed E-state index contributed by atoms with van der Waals surface area (Å²) in [5.74, 6) is 1.44. The largest absolute Gasteiger partial charge is 0.324 e. The molecule has 1 heterocycles. The smallest absolute Gasteiger partial charge is 0.241 e. The predicted octanol–water partition coefficient (Wildman–Crippen LogP) is 3.61. The quantitative estimate of drug-likeness (QED) is 0.921. The Morgan fingerprint density at radius 3 is 2.48 bits per heavy atom. The highest BCUT2D eigenvalue weighted by atomic mass is 16.2. The van der Waals surface area contributed by atoms with Crippen LogP contribution in [0.2, 0.25) is 0 Å². The molecule has 0 unspecified atom stereocenters. The number of rotatable bonds is 3. The van der Waals surface area contributed by atoms with E-state index in [1.807, 2.05) is 26.8 Å². The van der Waals surface area contributed by atoms with E-state index in [1.54, 1.807) is 0 Å². The highest BCUT2D eigenvalue weighted by molar-refractivity contribution is 5.95. The average molecular weight is 288 g/mol. The molecule has 3 heteroatoms. The van der Waals surface area contributed by atoms with Crippen molar-refractivity contribution in [3.63, 3.8) is 0 Å². The molecule has 1 saturated heterocycles. The third-order valence-electron chi connectivity index (χ3n) is 4.48. The van der Waals surface area contributed by atoms with Gasteiger partial charge < -0.3 is 5.32 Å². The van der Waals surface area contributed by atoms with Gasteiger partial charge in [-0.05, 0) is 56.2 Å². The standard InChI is InChI=1S/C18H28N2O/c1-12-6-7-15(4)17(9-12)19-18(21)16(5)20-10-13(2)8-14(3)11-20/h6-7,9,13-14,16H,8,10-11H2,1-5H3,(H,19,21)/t13-,14+,16-/m1/s1. The summed E-state index contributed by atoms with van der Waals surface area (Å²) in [5, 5.41) is 3.10. The van der Waals surface area contributed by atoms with Crippen LogP contribution in [-0.4, -0.2) is 29.9 Å². The van der Waals surface area contributed by atoms with Gasteiger partial charge >= 0.3 is 0 Å². The summed E-state index contributed by atoms with van der Waals surface area (Å²) in [7, 11) is 0. The Morgan fingerprint density at radius 1 is 1.24 bits per heavy atom. The number of carbonyl (C=O) groups excluding carboxylic acids is 1. The highest BCUT2D eigenvalue weighted by Crippen LogP contribution is 2.23. The van der Waals surface area contributed by atoms with E-state index < -0.39 is 0 Å². The van der Waals surface area contributed by atoms with E-state index in [0.29, 0.717) is 11.8 Å². The van der Waals surface area contributed by atoms with Crippen LogP contribution in [0.4, 0.5) is 5.69 Å². The lowest BCUT2D eigenvalue weighted by Crippen LogP contribution is -2.48. The first-order chi connectivity index (χ1) is 9.86. The minimum absolute atomic E-state index is 0.0740. The van der Waals surface area contributed by atoms with Gasteiger partial charge in [0.2, 0.25) is 5.91 Å². The molecule has 1 aliphatic heterocycles. The molecule has 0 saturated carbocycles. The zero-order chi connectivity index (χ0) is 15.6. The van der Waals surface area contributed by atoms with Crippen LogP contribution in [0.1, 0.15) is 38.3 Å². The summed E-state index contributed by atoms with van der Waals surface area (Å²) in [4.78, 5) is 14.9. The Labute approximate surface area is 128 Å². The zero-order valence-electron chi connectivity index (χ0n) is 13.9. The van der Waals surface area contributed by atoms with Crippen LogP contribution in [0.25, 0.3) is 0 Å². The molecule has 0 aliphatic carbocycles. The summed E-state index contributed by atoms with van der Waals surface area (Å²) in [5.41, 5.74) is 3.22. The van der Waals surface area contributed by atoms with Crippen molar-refractivity contribution < 1.29 is 4.79 Å². The number of benzene rings is 1. The number of nitrogens with one attached hydrogen (secondary N) is 1. The van der Waals surface area contributed by atoms with Gasteiger partial charge in [-0.3, -0.25) is 9.69 Å². The van der Waals surface area contributed by atoms with E-state index in [0.717, 1.165) is 24.3 Å². The fourth-order valence-corrected chi connectivity index (χ4v) is 3.30. The van der Waals surface area contributed by atoms with Crippen molar-refractivity contribution in [2.24, 2.45) is 11.8 Å². The van der Waals surface area contributed by atoms with Crippen molar-refractivity contribution in [1.29, 1.82) is 0 Å². The molecule has 0 bridgehead atoms. The van der Waals surface area contributed by atoms with E-state index in [1.165, 1.54) is 12.0 Å². The number of nitrogens with zero attached hydrogens (tertiary/aromatic N) is 1. The molecule has 116 valence electrons. The second-order valence-corrected chi connectivity index (χ2v) is 6.88. The fourth-order valence-electron chi connectivity index (χ4n) is 3.30. The zero-order valence-corrected chi connectivity index (χ0v) is 13.9. The lowest BCUT2D eigenvalue weighted by atomic mass is 9.91. The molecule has 0 aromatic heterocycles. The van der Waals surface area contributed by atoms with Crippen LogP contribution in [0.3, 0.4) is 0 Å². The lowest BCUT2D eigenvalue weighted by Gasteiger charge is -2.38. The van der Waals surface area contributed by atoms with Crippen LogP contribution in [0.5, 0.6) is 0 Å². The first kappa shape index (κ1) is 16.0. The van der Waals surface area contributed by atoms with Gasteiger partial charge in [-0.2, -0.15) is 0 Å². The van der Waals surface area contributed by atoms with E-state index in [2.05, 4.69) is 36.2 Å². The summed E-state index contributed by atoms with van der Waals surface area (Å²) >= 11 is 0.